The zero-order valence-electron chi connectivity index (χ0n) is 9.54. The standard InChI is InChI=1S/C13H13Cl2NO/c1-9-5-10(7-11(15)6-9)12-8-16-13(17-12)3-2-4-14/h5-8H,2-4H2,1H3. The van der Waals surface area contributed by atoms with E-state index in [9.17, 15) is 0 Å². The van der Waals surface area contributed by atoms with Gasteiger partial charge in [0.25, 0.3) is 0 Å². The minimum atomic E-state index is 0.619. The van der Waals surface area contributed by atoms with Gasteiger partial charge in [0.1, 0.15) is 0 Å². The molecule has 0 aliphatic rings. The Kier molecular flexibility index (Phi) is 4.08. The summed E-state index contributed by atoms with van der Waals surface area (Å²) < 4.78 is 5.65. The maximum absolute atomic E-state index is 6.01. The Bertz CT molecular complexity index is 488. The van der Waals surface area contributed by atoms with Crippen LogP contribution in [0.25, 0.3) is 11.3 Å². The summed E-state index contributed by atoms with van der Waals surface area (Å²) >= 11 is 11.6. The second-order valence-electron chi connectivity index (χ2n) is 3.93. The first-order valence-electron chi connectivity index (χ1n) is 5.47. The highest BCUT2D eigenvalue weighted by atomic mass is 35.5. The average Bonchev–Trinajstić information content (AvgIpc) is 2.73. The van der Waals surface area contributed by atoms with E-state index in [0.717, 1.165) is 35.6 Å². The molecule has 0 bridgehead atoms. The third-order valence-corrected chi connectivity index (χ3v) is 2.89. The Balaban J connectivity index is 2.24. The first-order valence-corrected chi connectivity index (χ1v) is 6.38. The highest BCUT2D eigenvalue weighted by Crippen LogP contribution is 2.25. The van der Waals surface area contributed by atoms with Crippen LogP contribution in [0.2, 0.25) is 5.02 Å². The van der Waals surface area contributed by atoms with Crippen LogP contribution in [-0.2, 0) is 6.42 Å². The van der Waals surface area contributed by atoms with Crippen LogP contribution in [0.4, 0.5) is 0 Å². The van der Waals surface area contributed by atoms with Gasteiger partial charge in [0, 0.05) is 22.9 Å². The summed E-state index contributed by atoms with van der Waals surface area (Å²) in [4.78, 5) is 4.22. The van der Waals surface area contributed by atoms with Crippen LogP contribution < -0.4 is 0 Å². The van der Waals surface area contributed by atoms with Crippen molar-refractivity contribution in [2.45, 2.75) is 19.8 Å². The number of benzene rings is 1. The Hall–Kier alpha value is -0.990. The number of hydrogen-bond acceptors (Lipinski definition) is 2. The maximum Gasteiger partial charge on any atom is 0.194 e. The molecule has 1 heterocycles. The molecule has 2 rings (SSSR count). The third-order valence-electron chi connectivity index (χ3n) is 2.40. The zero-order chi connectivity index (χ0) is 12.3. The predicted molar refractivity (Wildman–Crippen MR) is 70.7 cm³/mol. The molecule has 2 nitrogen and oxygen atoms in total. The first kappa shape index (κ1) is 12.5. The molecular weight excluding hydrogens is 257 g/mol. The lowest BCUT2D eigenvalue weighted by atomic mass is 10.1. The van der Waals surface area contributed by atoms with Gasteiger partial charge in [-0.2, -0.15) is 0 Å². The molecule has 0 atom stereocenters. The van der Waals surface area contributed by atoms with Crippen molar-refractivity contribution in [3.8, 4) is 11.3 Å². The van der Waals surface area contributed by atoms with Crippen molar-refractivity contribution < 1.29 is 4.42 Å². The number of hydrogen-bond donors (Lipinski definition) is 0. The van der Waals surface area contributed by atoms with Crippen molar-refractivity contribution in [3.05, 3.63) is 40.9 Å². The molecule has 0 aliphatic heterocycles. The lowest BCUT2D eigenvalue weighted by Gasteiger charge is -2.00. The Labute approximate surface area is 111 Å². The summed E-state index contributed by atoms with van der Waals surface area (Å²) in [6.07, 6.45) is 3.37. The Morgan fingerprint density at radius 1 is 1.29 bits per heavy atom. The summed E-state index contributed by atoms with van der Waals surface area (Å²) in [6, 6.07) is 5.81. The van der Waals surface area contributed by atoms with Gasteiger partial charge in [-0.3, -0.25) is 0 Å². The van der Waals surface area contributed by atoms with Gasteiger partial charge in [-0.05, 0) is 37.1 Å². The van der Waals surface area contributed by atoms with Crippen LogP contribution in [0.3, 0.4) is 0 Å². The normalized spacial score (nSPS) is 10.8. The molecule has 17 heavy (non-hydrogen) atoms. The lowest BCUT2D eigenvalue weighted by molar-refractivity contribution is 0.503. The van der Waals surface area contributed by atoms with Gasteiger partial charge >= 0.3 is 0 Å². The smallest absolute Gasteiger partial charge is 0.194 e. The van der Waals surface area contributed by atoms with E-state index in [1.54, 1.807) is 6.20 Å². The Morgan fingerprint density at radius 3 is 2.82 bits per heavy atom. The molecule has 1 aromatic heterocycles. The maximum atomic E-state index is 6.01. The molecule has 0 fully saturated rings. The predicted octanol–water partition coefficient (Wildman–Crippen LogP) is 4.47. The van der Waals surface area contributed by atoms with E-state index in [-0.39, 0.29) is 0 Å². The van der Waals surface area contributed by atoms with E-state index < -0.39 is 0 Å². The molecule has 0 amide bonds. The molecule has 0 aliphatic carbocycles. The van der Waals surface area contributed by atoms with Crippen molar-refractivity contribution in [1.82, 2.24) is 4.98 Å². The van der Waals surface area contributed by atoms with Gasteiger partial charge in [-0.1, -0.05) is 11.6 Å². The summed E-state index contributed by atoms with van der Waals surface area (Å²) in [7, 11) is 0. The minimum absolute atomic E-state index is 0.619. The number of aryl methyl sites for hydroxylation is 2. The Morgan fingerprint density at radius 2 is 2.12 bits per heavy atom. The van der Waals surface area contributed by atoms with Gasteiger partial charge < -0.3 is 4.42 Å². The molecule has 2 aromatic rings. The van der Waals surface area contributed by atoms with Gasteiger partial charge in [0.2, 0.25) is 0 Å². The van der Waals surface area contributed by atoms with E-state index in [0.29, 0.717) is 10.9 Å². The van der Waals surface area contributed by atoms with Crippen LogP contribution in [-0.4, -0.2) is 10.9 Å². The molecule has 0 saturated carbocycles. The van der Waals surface area contributed by atoms with E-state index in [2.05, 4.69) is 4.98 Å². The molecule has 1 aromatic carbocycles. The van der Waals surface area contributed by atoms with Crippen molar-refractivity contribution in [2.75, 3.05) is 5.88 Å². The molecule has 0 spiro atoms. The lowest BCUT2D eigenvalue weighted by Crippen LogP contribution is -1.84. The second kappa shape index (κ2) is 5.56. The van der Waals surface area contributed by atoms with E-state index in [4.69, 9.17) is 27.6 Å². The van der Waals surface area contributed by atoms with E-state index in [1.807, 2.05) is 25.1 Å². The van der Waals surface area contributed by atoms with Crippen molar-refractivity contribution in [1.29, 1.82) is 0 Å². The average molecular weight is 270 g/mol. The highest BCUT2D eigenvalue weighted by Gasteiger charge is 2.07. The molecule has 4 heteroatoms. The van der Waals surface area contributed by atoms with Gasteiger partial charge in [0.05, 0.1) is 6.20 Å². The first-order chi connectivity index (χ1) is 8.19. The topological polar surface area (TPSA) is 26.0 Å². The highest BCUT2D eigenvalue weighted by molar-refractivity contribution is 6.30. The number of oxazole rings is 1. The third kappa shape index (κ3) is 3.24. The quantitative estimate of drug-likeness (QED) is 0.766. The number of alkyl halides is 1. The molecule has 90 valence electrons. The van der Waals surface area contributed by atoms with Gasteiger partial charge in [-0.25, -0.2) is 4.98 Å². The van der Waals surface area contributed by atoms with E-state index >= 15 is 0 Å². The fourth-order valence-corrected chi connectivity index (χ4v) is 2.08. The second-order valence-corrected chi connectivity index (χ2v) is 4.74. The van der Waals surface area contributed by atoms with E-state index in [1.165, 1.54) is 0 Å². The molecule has 0 unspecified atom stereocenters. The number of rotatable bonds is 4. The van der Waals surface area contributed by atoms with Crippen molar-refractivity contribution in [2.24, 2.45) is 0 Å². The number of nitrogens with zero attached hydrogens (tertiary/aromatic N) is 1. The minimum Gasteiger partial charge on any atom is -0.441 e. The fourth-order valence-electron chi connectivity index (χ4n) is 1.66. The van der Waals surface area contributed by atoms with Crippen LogP contribution in [0.1, 0.15) is 17.9 Å². The molecule has 0 saturated heterocycles. The number of aromatic nitrogens is 1. The fraction of sp³-hybridized carbons (Fsp3) is 0.308. The van der Waals surface area contributed by atoms with Crippen molar-refractivity contribution >= 4 is 23.2 Å². The van der Waals surface area contributed by atoms with Gasteiger partial charge in [-0.15, -0.1) is 11.6 Å². The monoisotopic (exact) mass is 269 g/mol. The van der Waals surface area contributed by atoms with Crippen LogP contribution in [0, 0.1) is 6.92 Å². The van der Waals surface area contributed by atoms with Crippen molar-refractivity contribution in [3.63, 3.8) is 0 Å². The summed E-state index contributed by atoms with van der Waals surface area (Å²) in [6.45, 7) is 2.00. The summed E-state index contributed by atoms with van der Waals surface area (Å²) in [5.74, 6) is 2.09. The molecule has 0 N–H and O–H groups in total. The molecular formula is C13H13Cl2NO. The summed E-state index contributed by atoms with van der Waals surface area (Å²) in [5, 5.41) is 0.707. The van der Waals surface area contributed by atoms with Crippen LogP contribution in [0.5, 0.6) is 0 Å². The number of halogens is 2. The van der Waals surface area contributed by atoms with Gasteiger partial charge in [0.15, 0.2) is 11.7 Å². The zero-order valence-corrected chi connectivity index (χ0v) is 11.1. The largest absolute Gasteiger partial charge is 0.441 e. The SMILES string of the molecule is Cc1cc(Cl)cc(-c2cnc(CCCCl)o2)c1. The summed E-state index contributed by atoms with van der Waals surface area (Å²) in [5.41, 5.74) is 2.06. The molecule has 0 radical (unpaired) electrons. The van der Waals surface area contributed by atoms with Crippen LogP contribution in [0.15, 0.2) is 28.8 Å². The van der Waals surface area contributed by atoms with Crippen LogP contribution >= 0.6 is 23.2 Å².